The second kappa shape index (κ2) is 8.77. The molecule has 2 nitrogen and oxygen atoms in total. The number of benzene rings is 4. The van der Waals surface area contributed by atoms with Gasteiger partial charge in [0.15, 0.2) is 5.75 Å². The van der Waals surface area contributed by atoms with Crippen LogP contribution in [0.15, 0.2) is 78.9 Å². The average Bonchev–Trinajstić information content (AvgIpc) is 2.72. The number of ether oxygens (including phenoxy) is 1. The van der Waals surface area contributed by atoms with E-state index in [1.54, 1.807) is 0 Å². The molecule has 0 saturated heterocycles. The van der Waals surface area contributed by atoms with E-state index in [-0.39, 0.29) is 0 Å². The van der Waals surface area contributed by atoms with Crippen molar-refractivity contribution in [1.29, 1.82) is 0 Å². The lowest BCUT2D eigenvalue weighted by atomic mass is 10.1. The molecule has 0 fully saturated rings. The van der Waals surface area contributed by atoms with E-state index in [9.17, 15) is 0 Å². The summed E-state index contributed by atoms with van der Waals surface area (Å²) in [5.41, 5.74) is 4.39. The first-order valence-electron chi connectivity index (χ1n) is 9.48. The van der Waals surface area contributed by atoms with Crippen molar-refractivity contribution >= 4 is 39.7 Å². The predicted molar refractivity (Wildman–Crippen MR) is 123 cm³/mol. The average molecular weight is 422 g/mol. The van der Waals surface area contributed by atoms with Crippen LogP contribution in [0.25, 0.3) is 10.8 Å². The first-order valence-corrected chi connectivity index (χ1v) is 10.2. The smallest absolute Gasteiger partial charge is 0.156 e. The van der Waals surface area contributed by atoms with Crippen molar-refractivity contribution < 1.29 is 4.74 Å². The first kappa shape index (κ1) is 19.6. The number of nitrogens with one attached hydrogen (secondary N) is 1. The van der Waals surface area contributed by atoms with Crippen LogP contribution < -0.4 is 10.1 Å². The standard InChI is InChI=1S/C25H21Cl2NO/c1-17-7-2-5-12-24(17)28-15-18-13-22(26)25(23(27)14-18)29-16-20-10-6-9-19-8-3-4-11-21(19)20/h2-14,28H,15-16H2,1H3. The molecule has 4 aromatic carbocycles. The molecule has 29 heavy (non-hydrogen) atoms. The SMILES string of the molecule is Cc1ccccc1NCc1cc(Cl)c(OCc2cccc3ccccc23)c(Cl)c1. The van der Waals surface area contributed by atoms with E-state index in [0.29, 0.717) is 28.9 Å². The normalized spacial score (nSPS) is 10.9. The van der Waals surface area contributed by atoms with Crippen molar-refractivity contribution in [2.24, 2.45) is 0 Å². The van der Waals surface area contributed by atoms with Gasteiger partial charge < -0.3 is 10.1 Å². The van der Waals surface area contributed by atoms with Gasteiger partial charge >= 0.3 is 0 Å². The second-order valence-corrected chi connectivity index (χ2v) is 7.80. The molecule has 0 radical (unpaired) electrons. The summed E-state index contributed by atoms with van der Waals surface area (Å²) in [5, 5.41) is 6.80. The predicted octanol–water partition coefficient (Wildman–Crippen LogP) is 7.65. The van der Waals surface area contributed by atoms with Gasteiger partial charge in [0, 0.05) is 12.2 Å². The molecule has 1 N–H and O–H groups in total. The van der Waals surface area contributed by atoms with Gasteiger partial charge in [-0.3, -0.25) is 0 Å². The molecule has 0 amide bonds. The summed E-state index contributed by atoms with van der Waals surface area (Å²) in [6.45, 7) is 3.11. The maximum Gasteiger partial charge on any atom is 0.156 e. The maximum atomic E-state index is 6.49. The fraction of sp³-hybridized carbons (Fsp3) is 0.120. The summed E-state index contributed by atoms with van der Waals surface area (Å²) >= 11 is 13.0. The molecular formula is C25H21Cl2NO. The molecule has 0 spiro atoms. The Morgan fingerprint density at radius 1 is 0.828 bits per heavy atom. The Kier molecular flexibility index (Phi) is 5.94. The molecular weight excluding hydrogens is 401 g/mol. The van der Waals surface area contributed by atoms with E-state index in [4.69, 9.17) is 27.9 Å². The number of rotatable bonds is 6. The number of anilines is 1. The maximum absolute atomic E-state index is 6.49. The highest BCUT2D eigenvalue weighted by molar-refractivity contribution is 6.37. The molecule has 0 atom stereocenters. The third kappa shape index (κ3) is 4.50. The molecule has 0 aliphatic carbocycles. The van der Waals surface area contributed by atoms with Gasteiger partial charge in [0.1, 0.15) is 6.61 Å². The van der Waals surface area contributed by atoms with Crippen LogP contribution in [0.1, 0.15) is 16.7 Å². The summed E-state index contributed by atoms with van der Waals surface area (Å²) < 4.78 is 6.01. The zero-order valence-electron chi connectivity index (χ0n) is 16.1. The van der Waals surface area contributed by atoms with E-state index in [1.807, 2.05) is 42.5 Å². The van der Waals surface area contributed by atoms with E-state index in [0.717, 1.165) is 16.8 Å². The van der Waals surface area contributed by atoms with Crippen LogP contribution in [0.5, 0.6) is 5.75 Å². The number of hydrogen-bond donors (Lipinski definition) is 1. The van der Waals surface area contributed by atoms with Crippen molar-refractivity contribution in [2.45, 2.75) is 20.1 Å². The largest absolute Gasteiger partial charge is 0.486 e. The number of hydrogen-bond acceptors (Lipinski definition) is 2. The van der Waals surface area contributed by atoms with Crippen LogP contribution in [0.4, 0.5) is 5.69 Å². The topological polar surface area (TPSA) is 21.3 Å². The fourth-order valence-corrected chi connectivity index (χ4v) is 4.03. The third-order valence-corrected chi connectivity index (χ3v) is 5.50. The van der Waals surface area contributed by atoms with Gasteiger partial charge in [-0.15, -0.1) is 0 Å². The zero-order chi connectivity index (χ0) is 20.2. The number of para-hydroxylation sites is 1. The van der Waals surface area contributed by atoms with Gasteiger partial charge in [0.2, 0.25) is 0 Å². The van der Waals surface area contributed by atoms with Crippen molar-refractivity contribution in [1.82, 2.24) is 0 Å². The molecule has 4 aromatic rings. The summed E-state index contributed by atoms with van der Waals surface area (Å²) in [5.74, 6) is 0.515. The van der Waals surface area contributed by atoms with E-state index >= 15 is 0 Å². The Morgan fingerprint density at radius 2 is 1.52 bits per heavy atom. The monoisotopic (exact) mass is 421 g/mol. The van der Waals surface area contributed by atoms with Crippen LogP contribution in [-0.2, 0) is 13.2 Å². The number of fused-ring (bicyclic) bond motifs is 1. The van der Waals surface area contributed by atoms with Crippen molar-refractivity contribution in [3.05, 3.63) is 106 Å². The minimum Gasteiger partial charge on any atom is -0.486 e. The van der Waals surface area contributed by atoms with Gasteiger partial charge in [0.25, 0.3) is 0 Å². The molecule has 0 saturated carbocycles. The van der Waals surface area contributed by atoms with Gasteiger partial charge in [-0.05, 0) is 52.6 Å². The first-order chi connectivity index (χ1) is 14.1. The summed E-state index contributed by atoms with van der Waals surface area (Å²) in [6.07, 6.45) is 0. The summed E-state index contributed by atoms with van der Waals surface area (Å²) in [6, 6.07) is 26.4. The Labute approximate surface area is 181 Å². The molecule has 0 heterocycles. The zero-order valence-corrected chi connectivity index (χ0v) is 17.6. The number of halogens is 2. The molecule has 0 aliphatic heterocycles. The second-order valence-electron chi connectivity index (χ2n) is 6.98. The Bertz CT molecular complexity index is 1130. The van der Waals surface area contributed by atoms with Gasteiger partial charge in [-0.1, -0.05) is 83.9 Å². The van der Waals surface area contributed by atoms with Gasteiger partial charge in [0.05, 0.1) is 10.0 Å². The van der Waals surface area contributed by atoms with Crippen LogP contribution >= 0.6 is 23.2 Å². The quantitative estimate of drug-likeness (QED) is 0.345. The van der Waals surface area contributed by atoms with Crippen molar-refractivity contribution in [3.63, 3.8) is 0 Å². The lowest BCUT2D eigenvalue weighted by Crippen LogP contribution is -2.02. The van der Waals surface area contributed by atoms with E-state index < -0.39 is 0 Å². The van der Waals surface area contributed by atoms with Crippen molar-refractivity contribution in [2.75, 3.05) is 5.32 Å². The molecule has 0 aliphatic rings. The molecule has 0 bridgehead atoms. The minimum absolute atomic E-state index is 0.404. The highest BCUT2D eigenvalue weighted by Crippen LogP contribution is 2.35. The highest BCUT2D eigenvalue weighted by Gasteiger charge is 2.11. The molecule has 0 unspecified atom stereocenters. The van der Waals surface area contributed by atoms with Crippen LogP contribution in [0.3, 0.4) is 0 Å². The lowest BCUT2D eigenvalue weighted by Gasteiger charge is -2.14. The molecule has 4 heteroatoms. The third-order valence-electron chi connectivity index (χ3n) is 4.94. The van der Waals surface area contributed by atoms with Gasteiger partial charge in [-0.2, -0.15) is 0 Å². The Morgan fingerprint density at radius 3 is 2.31 bits per heavy atom. The van der Waals surface area contributed by atoms with E-state index in [2.05, 4.69) is 48.6 Å². The van der Waals surface area contributed by atoms with Gasteiger partial charge in [-0.25, -0.2) is 0 Å². The van der Waals surface area contributed by atoms with Crippen LogP contribution in [0.2, 0.25) is 10.0 Å². The highest BCUT2D eigenvalue weighted by atomic mass is 35.5. The van der Waals surface area contributed by atoms with Crippen LogP contribution in [0, 0.1) is 6.92 Å². The fourth-order valence-electron chi connectivity index (χ4n) is 3.39. The Hall–Kier alpha value is -2.68. The number of aryl methyl sites for hydroxylation is 1. The van der Waals surface area contributed by atoms with E-state index in [1.165, 1.54) is 16.3 Å². The summed E-state index contributed by atoms with van der Waals surface area (Å²) in [4.78, 5) is 0. The van der Waals surface area contributed by atoms with Crippen molar-refractivity contribution in [3.8, 4) is 5.75 Å². The van der Waals surface area contributed by atoms with Crippen LogP contribution in [-0.4, -0.2) is 0 Å². The molecule has 0 aromatic heterocycles. The molecule has 4 rings (SSSR count). The minimum atomic E-state index is 0.404. The Balaban J connectivity index is 1.49. The summed E-state index contributed by atoms with van der Waals surface area (Å²) in [7, 11) is 0. The lowest BCUT2D eigenvalue weighted by molar-refractivity contribution is 0.308. The molecule has 146 valence electrons.